The Labute approximate surface area is 123 Å². The Kier molecular flexibility index (Phi) is 5.06. The molecule has 0 spiro atoms. The monoisotopic (exact) mass is 276 g/mol. The Bertz CT molecular complexity index is 435. The number of benzene rings is 1. The summed E-state index contributed by atoms with van der Waals surface area (Å²) in [6, 6.07) is 7.28. The van der Waals surface area contributed by atoms with Crippen molar-refractivity contribution in [1.29, 1.82) is 0 Å². The number of morpholine rings is 1. The average Bonchev–Trinajstić information content (AvgIpc) is 2.35. The van der Waals surface area contributed by atoms with Crippen molar-refractivity contribution in [2.75, 3.05) is 18.0 Å². The minimum absolute atomic E-state index is 0.297. The van der Waals surface area contributed by atoms with Crippen LogP contribution in [-0.2, 0) is 11.3 Å². The second kappa shape index (κ2) is 6.59. The highest BCUT2D eigenvalue weighted by atomic mass is 16.5. The summed E-state index contributed by atoms with van der Waals surface area (Å²) in [5.74, 6) is 0. The van der Waals surface area contributed by atoms with E-state index in [2.05, 4.69) is 63.0 Å². The van der Waals surface area contributed by atoms with Crippen LogP contribution >= 0.6 is 0 Å². The molecule has 20 heavy (non-hydrogen) atoms. The van der Waals surface area contributed by atoms with Crippen LogP contribution in [0.3, 0.4) is 0 Å². The molecule has 0 amide bonds. The third kappa shape index (κ3) is 3.97. The Morgan fingerprint density at radius 1 is 1.25 bits per heavy atom. The molecule has 3 nitrogen and oxygen atoms in total. The molecular formula is C17H28N2O. The van der Waals surface area contributed by atoms with Crippen LogP contribution in [0.2, 0.25) is 0 Å². The van der Waals surface area contributed by atoms with Crippen molar-refractivity contribution in [3.05, 3.63) is 29.3 Å². The summed E-state index contributed by atoms with van der Waals surface area (Å²) in [5, 5.41) is 3.53. The van der Waals surface area contributed by atoms with Gasteiger partial charge in [-0.3, -0.25) is 0 Å². The van der Waals surface area contributed by atoms with Gasteiger partial charge in [-0.05, 0) is 32.4 Å². The normalized spacial score (nSPS) is 23.4. The van der Waals surface area contributed by atoms with E-state index in [9.17, 15) is 0 Å². The molecule has 0 saturated carbocycles. The van der Waals surface area contributed by atoms with Gasteiger partial charge in [0.05, 0.1) is 12.2 Å². The van der Waals surface area contributed by atoms with E-state index in [4.69, 9.17) is 4.74 Å². The molecule has 3 heteroatoms. The molecule has 0 bridgehead atoms. The van der Waals surface area contributed by atoms with E-state index in [0.29, 0.717) is 18.2 Å². The number of nitrogens with zero attached hydrogens (tertiary/aromatic N) is 1. The number of rotatable bonds is 4. The second-order valence-corrected chi connectivity index (χ2v) is 6.33. The Morgan fingerprint density at radius 2 is 1.90 bits per heavy atom. The predicted molar refractivity (Wildman–Crippen MR) is 85.4 cm³/mol. The zero-order chi connectivity index (χ0) is 14.7. The van der Waals surface area contributed by atoms with Gasteiger partial charge in [0, 0.05) is 31.4 Å². The SMILES string of the molecule is Cc1ccc(N2C[C@@H](C)O[C@@H](C)C2)c(CNC(C)C)c1. The standard InChI is InChI=1S/C17H28N2O/c1-12(2)18-9-16-8-13(3)6-7-17(16)19-10-14(4)20-15(5)11-19/h6-8,12,14-15,18H,9-11H2,1-5H3/t14-,15+. The Balaban J connectivity index is 2.21. The quantitative estimate of drug-likeness (QED) is 0.914. The van der Waals surface area contributed by atoms with E-state index < -0.39 is 0 Å². The third-order valence-electron chi connectivity index (χ3n) is 3.70. The van der Waals surface area contributed by atoms with Crippen LogP contribution in [0.25, 0.3) is 0 Å². The van der Waals surface area contributed by atoms with Crippen molar-refractivity contribution < 1.29 is 4.74 Å². The van der Waals surface area contributed by atoms with Crippen molar-refractivity contribution in [2.45, 2.75) is 59.4 Å². The van der Waals surface area contributed by atoms with Gasteiger partial charge in [0.1, 0.15) is 0 Å². The lowest BCUT2D eigenvalue weighted by atomic mass is 10.1. The van der Waals surface area contributed by atoms with Crippen LogP contribution in [0.1, 0.15) is 38.8 Å². The van der Waals surface area contributed by atoms with Crippen LogP contribution in [0.15, 0.2) is 18.2 Å². The van der Waals surface area contributed by atoms with E-state index in [1.165, 1.54) is 16.8 Å². The number of nitrogens with one attached hydrogen (secondary N) is 1. The van der Waals surface area contributed by atoms with Crippen LogP contribution < -0.4 is 10.2 Å². The van der Waals surface area contributed by atoms with Crippen LogP contribution in [0, 0.1) is 6.92 Å². The van der Waals surface area contributed by atoms with Crippen LogP contribution in [0.4, 0.5) is 5.69 Å². The van der Waals surface area contributed by atoms with E-state index in [0.717, 1.165) is 19.6 Å². The van der Waals surface area contributed by atoms with Gasteiger partial charge in [-0.25, -0.2) is 0 Å². The van der Waals surface area contributed by atoms with Gasteiger partial charge in [0.2, 0.25) is 0 Å². The van der Waals surface area contributed by atoms with E-state index in [-0.39, 0.29) is 0 Å². The summed E-state index contributed by atoms with van der Waals surface area (Å²) in [5.41, 5.74) is 4.06. The van der Waals surface area contributed by atoms with Gasteiger partial charge < -0.3 is 15.0 Å². The van der Waals surface area contributed by atoms with E-state index in [1.807, 2.05) is 0 Å². The van der Waals surface area contributed by atoms with E-state index >= 15 is 0 Å². The lowest BCUT2D eigenvalue weighted by molar-refractivity contribution is -0.00526. The molecular weight excluding hydrogens is 248 g/mol. The third-order valence-corrected chi connectivity index (χ3v) is 3.70. The smallest absolute Gasteiger partial charge is 0.0726 e. The van der Waals surface area contributed by atoms with Crippen molar-refractivity contribution >= 4 is 5.69 Å². The molecule has 1 aromatic carbocycles. The largest absolute Gasteiger partial charge is 0.372 e. The van der Waals surface area contributed by atoms with Gasteiger partial charge >= 0.3 is 0 Å². The summed E-state index contributed by atoms with van der Waals surface area (Å²) in [6.07, 6.45) is 0.594. The zero-order valence-corrected chi connectivity index (χ0v) is 13.4. The highest BCUT2D eigenvalue weighted by Gasteiger charge is 2.23. The molecule has 1 heterocycles. The zero-order valence-electron chi connectivity index (χ0n) is 13.4. The summed E-state index contributed by atoms with van der Waals surface area (Å²) in [6.45, 7) is 13.7. The first-order valence-electron chi connectivity index (χ1n) is 7.69. The maximum Gasteiger partial charge on any atom is 0.0726 e. The topological polar surface area (TPSA) is 24.5 Å². The Morgan fingerprint density at radius 3 is 2.50 bits per heavy atom. The second-order valence-electron chi connectivity index (χ2n) is 6.33. The van der Waals surface area contributed by atoms with Gasteiger partial charge in [-0.2, -0.15) is 0 Å². The molecule has 1 aliphatic rings. The van der Waals surface area contributed by atoms with Crippen molar-refractivity contribution in [3.63, 3.8) is 0 Å². The number of anilines is 1. The van der Waals surface area contributed by atoms with Crippen LogP contribution in [0.5, 0.6) is 0 Å². The van der Waals surface area contributed by atoms with Crippen molar-refractivity contribution in [3.8, 4) is 0 Å². The first-order chi connectivity index (χ1) is 9.45. The fraction of sp³-hybridized carbons (Fsp3) is 0.647. The number of hydrogen-bond donors (Lipinski definition) is 1. The maximum absolute atomic E-state index is 5.84. The summed E-state index contributed by atoms with van der Waals surface area (Å²) < 4.78 is 5.84. The number of hydrogen-bond acceptors (Lipinski definition) is 3. The van der Waals surface area contributed by atoms with E-state index in [1.54, 1.807) is 0 Å². The molecule has 0 unspecified atom stereocenters. The maximum atomic E-state index is 5.84. The lowest BCUT2D eigenvalue weighted by Crippen LogP contribution is -2.46. The minimum Gasteiger partial charge on any atom is -0.372 e. The first-order valence-corrected chi connectivity index (χ1v) is 7.69. The minimum atomic E-state index is 0.297. The average molecular weight is 276 g/mol. The molecule has 0 aliphatic carbocycles. The summed E-state index contributed by atoms with van der Waals surface area (Å²) in [4.78, 5) is 2.47. The van der Waals surface area contributed by atoms with Gasteiger partial charge in [0.25, 0.3) is 0 Å². The van der Waals surface area contributed by atoms with Crippen LogP contribution in [-0.4, -0.2) is 31.3 Å². The number of aryl methyl sites for hydroxylation is 1. The molecule has 1 aromatic rings. The van der Waals surface area contributed by atoms with Crippen molar-refractivity contribution in [1.82, 2.24) is 5.32 Å². The molecule has 0 radical (unpaired) electrons. The molecule has 1 aliphatic heterocycles. The lowest BCUT2D eigenvalue weighted by Gasteiger charge is -2.38. The Hall–Kier alpha value is -1.06. The molecule has 0 aromatic heterocycles. The predicted octanol–water partition coefficient (Wildman–Crippen LogP) is 3.11. The highest BCUT2D eigenvalue weighted by Crippen LogP contribution is 2.25. The summed E-state index contributed by atoms with van der Waals surface area (Å²) >= 11 is 0. The van der Waals surface area contributed by atoms with Gasteiger partial charge in [-0.1, -0.05) is 31.5 Å². The molecule has 112 valence electrons. The summed E-state index contributed by atoms with van der Waals surface area (Å²) in [7, 11) is 0. The molecule has 2 rings (SSSR count). The molecule has 1 fully saturated rings. The van der Waals surface area contributed by atoms with Crippen molar-refractivity contribution in [2.24, 2.45) is 0 Å². The fourth-order valence-electron chi connectivity index (χ4n) is 2.85. The fourth-order valence-corrected chi connectivity index (χ4v) is 2.85. The number of ether oxygens (including phenoxy) is 1. The highest BCUT2D eigenvalue weighted by molar-refractivity contribution is 5.55. The van der Waals surface area contributed by atoms with Gasteiger partial charge in [-0.15, -0.1) is 0 Å². The van der Waals surface area contributed by atoms with Gasteiger partial charge in [0.15, 0.2) is 0 Å². The first kappa shape index (κ1) is 15.3. The molecule has 1 N–H and O–H groups in total. The molecule has 1 saturated heterocycles. The molecule has 2 atom stereocenters.